The van der Waals surface area contributed by atoms with Gasteiger partial charge in [-0.05, 0) is 78.1 Å². The summed E-state index contributed by atoms with van der Waals surface area (Å²) in [5.41, 5.74) is 10.4. The van der Waals surface area contributed by atoms with Crippen molar-refractivity contribution in [3.8, 4) is 22.4 Å². The highest BCUT2D eigenvalue weighted by Gasteiger charge is 2.30. The quantitative estimate of drug-likeness (QED) is 0.253. The molecule has 0 N–H and O–H groups in total. The third kappa shape index (κ3) is 3.10. The van der Waals surface area contributed by atoms with Gasteiger partial charge in [-0.1, -0.05) is 38.1 Å². The monoisotopic (exact) mass is 450 g/mol. The molecule has 0 atom stereocenters. The zero-order valence-corrected chi connectivity index (χ0v) is 20.4. The summed E-state index contributed by atoms with van der Waals surface area (Å²) in [6.45, 7) is 8.86. The highest BCUT2D eigenvalue weighted by molar-refractivity contribution is 6.13. The lowest BCUT2D eigenvalue weighted by atomic mass is 9.90. The molecule has 1 aliphatic carbocycles. The molecule has 34 heavy (non-hydrogen) atoms. The van der Waals surface area contributed by atoms with Gasteiger partial charge in [0.25, 0.3) is 0 Å². The van der Waals surface area contributed by atoms with E-state index in [0.29, 0.717) is 11.1 Å². The highest BCUT2D eigenvalue weighted by Crippen LogP contribution is 2.44. The molecule has 2 heterocycles. The van der Waals surface area contributed by atoms with Gasteiger partial charge in [-0.25, -0.2) is 8.96 Å². The van der Waals surface area contributed by atoms with Crippen LogP contribution in [0.2, 0.25) is 0 Å². The van der Waals surface area contributed by atoms with Crippen LogP contribution in [0.15, 0.2) is 65.2 Å². The van der Waals surface area contributed by atoms with E-state index in [4.69, 9.17) is 4.42 Å². The van der Waals surface area contributed by atoms with Crippen LogP contribution < -0.4 is 4.57 Å². The van der Waals surface area contributed by atoms with Crippen molar-refractivity contribution < 1.29 is 13.4 Å². The Kier molecular flexibility index (Phi) is 4.51. The van der Waals surface area contributed by atoms with Crippen LogP contribution in [-0.4, -0.2) is 0 Å². The molecule has 3 heteroatoms. The van der Waals surface area contributed by atoms with Crippen molar-refractivity contribution in [2.45, 2.75) is 40.5 Å². The number of aryl methyl sites for hydroxylation is 3. The molecule has 0 saturated carbocycles. The molecule has 6 rings (SSSR count). The van der Waals surface area contributed by atoms with Crippen molar-refractivity contribution >= 4 is 21.9 Å². The molecule has 0 fully saturated rings. The Hall–Kier alpha value is -3.46. The Labute approximate surface area is 199 Å². The van der Waals surface area contributed by atoms with E-state index in [-0.39, 0.29) is 11.2 Å². The number of nitrogens with zero attached hydrogens (tertiary/aromatic N) is 1. The lowest BCUT2D eigenvalue weighted by molar-refractivity contribution is -0.660. The number of fused-ring (bicyclic) bond motifs is 4. The van der Waals surface area contributed by atoms with E-state index in [1.807, 2.05) is 31.4 Å². The molecule has 0 amide bonds. The molecule has 0 aliphatic heterocycles. The van der Waals surface area contributed by atoms with Crippen LogP contribution in [-0.2, 0) is 19.9 Å². The van der Waals surface area contributed by atoms with Crippen molar-refractivity contribution in [1.82, 2.24) is 0 Å². The molecular weight excluding hydrogens is 421 g/mol. The Morgan fingerprint density at radius 2 is 1.59 bits per heavy atom. The second kappa shape index (κ2) is 7.27. The molecule has 3 aromatic carbocycles. The van der Waals surface area contributed by atoms with Gasteiger partial charge in [0.1, 0.15) is 24.0 Å². The van der Waals surface area contributed by atoms with Gasteiger partial charge in [-0.15, -0.1) is 0 Å². The minimum absolute atomic E-state index is 0.243. The van der Waals surface area contributed by atoms with Crippen molar-refractivity contribution in [3.05, 3.63) is 88.9 Å². The van der Waals surface area contributed by atoms with E-state index in [1.165, 1.54) is 16.7 Å². The number of aromatic nitrogens is 1. The molecule has 1 aliphatic rings. The van der Waals surface area contributed by atoms with Gasteiger partial charge in [0.2, 0.25) is 5.69 Å². The van der Waals surface area contributed by atoms with Gasteiger partial charge >= 0.3 is 0 Å². The first-order valence-corrected chi connectivity index (χ1v) is 12.0. The first kappa shape index (κ1) is 21.1. The summed E-state index contributed by atoms with van der Waals surface area (Å²) in [7, 11) is 2.04. The van der Waals surface area contributed by atoms with Gasteiger partial charge in [0.15, 0.2) is 6.20 Å². The fourth-order valence-corrected chi connectivity index (χ4v) is 5.85. The summed E-state index contributed by atoms with van der Waals surface area (Å²) in [5.74, 6) is -0.244. The number of benzene rings is 3. The molecule has 2 nitrogen and oxygen atoms in total. The molecule has 0 bridgehead atoms. The topological polar surface area (TPSA) is 17.0 Å². The Balaban J connectivity index is 1.66. The van der Waals surface area contributed by atoms with E-state index >= 15 is 4.39 Å². The summed E-state index contributed by atoms with van der Waals surface area (Å²) in [4.78, 5) is 0. The number of pyridine rings is 1. The Bertz CT molecular complexity index is 1620. The average molecular weight is 451 g/mol. The smallest absolute Gasteiger partial charge is 0.216 e. The van der Waals surface area contributed by atoms with Crippen molar-refractivity contribution in [1.29, 1.82) is 0 Å². The normalized spacial score (nSPS) is 14.8. The van der Waals surface area contributed by atoms with Gasteiger partial charge in [-0.3, -0.25) is 0 Å². The Morgan fingerprint density at radius 1 is 0.853 bits per heavy atom. The first-order valence-electron chi connectivity index (χ1n) is 12.0. The lowest BCUT2D eigenvalue weighted by Crippen LogP contribution is -2.30. The molecule has 2 aromatic heterocycles. The summed E-state index contributed by atoms with van der Waals surface area (Å²) in [5, 5.41) is 1.96. The lowest BCUT2D eigenvalue weighted by Gasteiger charge is -2.15. The SMILES string of the molecule is Cc1cc(-c2c(F)ccc3c2oc2c(-c4cccc[n+]4C)c(C)ccc23)cc2c1CC(C)(C)C2. The summed E-state index contributed by atoms with van der Waals surface area (Å²) in [6, 6.07) is 18.1. The molecule has 170 valence electrons. The van der Waals surface area contributed by atoms with Crippen LogP contribution in [0, 0.1) is 25.1 Å². The van der Waals surface area contributed by atoms with Gasteiger partial charge in [-0.2, -0.15) is 0 Å². The third-order valence-electron chi connectivity index (χ3n) is 7.46. The zero-order valence-electron chi connectivity index (χ0n) is 20.4. The van der Waals surface area contributed by atoms with E-state index in [1.54, 1.807) is 6.07 Å². The van der Waals surface area contributed by atoms with Crippen molar-refractivity contribution in [2.24, 2.45) is 12.5 Å². The molecule has 0 unspecified atom stereocenters. The number of rotatable bonds is 2. The third-order valence-corrected chi connectivity index (χ3v) is 7.46. The second-order valence-corrected chi connectivity index (χ2v) is 10.7. The van der Waals surface area contributed by atoms with Crippen LogP contribution in [0.4, 0.5) is 4.39 Å². The minimum atomic E-state index is -0.244. The van der Waals surface area contributed by atoms with Crippen LogP contribution in [0.5, 0.6) is 0 Å². The molecule has 0 spiro atoms. The van der Waals surface area contributed by atoms with Gasteiger partial charge in [0, 0.05) is 22.9 Å². The maximum atomic E-state index is 15.5. The summed E-state index contributed by atoms with van der Waals surface area (Å²) < 4.78 is 24.2. The molecule has 0 radical (unpaired) electrons. The highest BCUT2D eigenvalue weighted by atomic mass is 19.1. The van der Waals surface area contributed by atoms with E-state index in [0.717, 1.165) is 51.6 Å². The largest absolute Gasteiger partial charge is 0.454 e. The fraction of sp³-hybridized carbons (Fsp3) is 0.258. The standard InChI is InChI=1S/C31H29FNO/c1-18-9-10-22-23-11-12-25(32)28(20-14-19(2)24-17-31(3,4)16-21(24)15-20)30(23)34-29(22)27(18)26-8-6-7-13-33(26)5/h6-15H,16-17H2,1-5H3/q+1. The van der Waals surface area contributed by atoms with Crippen molar-refractivity contribution in [2.75, 3.05) is 0 Å². The van der Waals surface area contributed by atoms with Crippen LogP contribution in [0.25, 0.3) is 44.3 Å². The predicted molar refractivity (Wildman–Crippen MR) is 136 cm³/mol. The number of furan rings is 1. The minimum Gasteiger partial charge on any atom is -0.454 e. The second-order valence-electron chi connectivity index (χ2n) is 10.7. The predicted octanol–water partition coefficient (Wildman–Crippen LogP) is 7.63. The molecule has 0 saturated heterocycles. The number of hydrogen-bond acceptors (Lipinski definition) is 1. The average Bonchev–Trinajstić information content (AvgIpc) is 3.30. The fourth-order valence-electron chi connectivity index (χ4n) is 5.85. The van der Waals surface area contributed by atoms with E-state index in [9.17, 15) is 0 Å². The summed E-state index contributed by atoms with van der Waals surface area (Å²) >= 11 is 0. The van der Waals surface area contributed by atoms with E-state index in [2.05, 4.69) is 62.6 Å². The molecular formula is C31H29FNO+. The Morgan fingerprint density at radius 3 is 2.35 bits per heavy atom. The number of hydrogen-bond donors (Lipinski definition) is 0. The van der Waals surface area contributed by atoms with Gasteiger partial charge in [0.05, 0.1) is 11.1 Å². The maximum absolute atomic E-state index is 15.5. The van der Waals surface area contributed by atoms with Crippen LogP contribution >= 0.6 is 0 Å². The summed E-state index contributed by atoms with van der Waals surface area (Å²) in [6.07, 6.45) is 4.13. The van der Waals surface area contributed by atoms with Gasteiger partial charge < -0.3 is 4.42 Å². The van der Waals surface area contributed by atoms with Crippen LogP contribution in [0.1, 0.15) is 36.1 Å². The first-order chi connectivity index (χ1) is 16.2. The zero-order chi connectivity index (χ0) is 23.8. The number of halogens is 1. The van der Waals surface area contributed by atoms with Crippen molar-refractivity contribution in [3.63, 3.8) is 0 Å². The molecule has 5 aromatic rings. The maximum Gasteiger partial charge on any atom is 0.216 e. The van der Waals surface area contributed by atoms with Crippen LogP contribution in [0.3, 0.4) is 0 Å². The van der Waals surface area contributed by atoms with E-state index < -0.39 is 0 Å².